The van der Waals surface area contributed by atoms with Gasteiger partial charge in [0.1, 0.15) is 5.69 Å². The van der Waals surface area contributed by atoms with Gasteiger partial charge in [-0.3, -0.25) is 4.68 Å². The summed E-state index contributed by atoms with van der Waals surface area (Å²) in [5, 5.41) is 16.0. The van der Waals surface area contributed by atoms with E-state index < -0.39 is 11.4 Å². The highest BCUT2D eigenvalue weighted by Gasteiger charge is 1.98. The fraction of sp³-hybridized carbons (Fsp3) is 0.667. The molecule has 0 fully saturated rings. The van der Waals surface area contributed by atoms with Gasteiger partial charge in [0.05, 0.1) is 30.8 Å². The van der Waals surface area contributed by atoms with E-state index in [0.717, 1.165) is 0 Å². The molecule has 1 N–H and O–H groups in total. The van der Waals surface area contributed by atoms with Gasteiger partial charge in [-0.15, -0.1) is 5.10 Å². The summed E-state index contributed by atoms with van der Waals surface area (Å²) in [7, 11) is 0. The maximum absolute atomic E-state index is 9.97. The van der Waals surface area contributed by atoms with Gasteiger partial charge >= 0.3 is 0 Å². The first-order valence-corrected chi connectivity index (χ1v) is 4.95. The van der Waals surface area contributed by atoms with Crippen molar-refractivity contribution in [2.24, 2.45) is 0 Å². The average molecular weight is 220 g/mol. The van der Waals surface area contributed by atoms with Crippen LogP contribution in [-0.4, -0.2) is 35.5 Å². The van der Waals surface area contributed by atoms with E-state index in [-0.39, 0.29) is 13.2 Å². The molecular formula is C6H10N3O4S-. The molecule has 0 radical (unpaired) electrons. The molecule has 1 aromatic heterocycles. The molecule has 1 atom stereocenters. The van der Waals surface area contributed by atoms with E-state index in [9.17, 15) is 8.76 Å². The molecule has 0 saturated carbocycles. The molecule has 0 aliphatic rings. The maximum Gasteiger partial charge on any atom is 0.108 e. The topological polar surface area (TPSA) is 100 Å². The summed E-state index contributed by atoms with van der Waals surface area (Å²) in [6.45, 7) is 0.468. The summed E-state index contributed by atoms with van der Waals surface area (Å²) in [6.07, 6.45) is 2.11. The van der Waals surface area contributed by atoms with Gasteiger partial charge in [0.2, 0.25) is 0 Å². The predicted octanol–water partition coefficient (Wildman–Crippen LogP) is -1.03. The first-order valence-electron chi connectivity index (χ1n) is 3.95. The monoisotopic (exact) mass is 220 g/mol. The molecule has 0 aromatic carbocycles. The maximum atomic E-state index is 9.97. The van der Waals surface area contributed by atoms with E-state index >= 15 is 0 Å². The number of hydrogen-bond acceptors (Lipinski definition) is 6. The van der Waals surface area contributed by atoms with Crippen molar-refractivity contribution in [3.8, 4) is 0 Å². The van der Waals surface area contributed by atoms with Crippen LogP contribution in [0.3, 0.4) is 0 Å². The van der Waals surface area contributed by atoms with Crippen LogP contribution in [0.1, 0.15) is 12.1 Å². The van der Waals surface area contributed by atoms with Gasteiger partial charge in [-0.1, -0.05) is 5.21 Å². The standard InChI is InChI=1S/C6H11N3O4S/c10-5-6-4-9(8-7-6)2-1-3-13-14(11)12/h4,10H,1-3,5H2,(H,11,12)/p-1. The van der Waals surface area contributed by atoms with Crippen molar-refractivity contribution in [2.75, 3.05) is 6.61 Å². The van der Waals surface area contributed by atoms with Crippen LogP contribution in [0.2, 0.25) is 0 Å². The van der Waals surface area contributed by atoms with Crippen molar-refractivity contribution in [3.05, 3.63) is 11.9 Å². The van der Waals surface area contributed by atoms with Crippen LogP contribution in [0.5, 0.6) is 0 Å². The van der Waals surface area contributed by atoms with Gasteiger partial charge in [0.25, 0.3) is 0 Å². The first-order chi connectivity index (χ1) is 6.72. The fourth-order valence-corrected chi connectivity index (χ4v) is 1.13. The Labute approximate surface area is 83.2 Å². The number of aliphatic hydroxyl groups is 1. The highest BCUT2D eigenvalue weighted by Crippen LogP contribution is 1.94. The highest BCUT2D eigenvalue weighted by molar-refractivity contribution is 7.74. The second-order valence-corrected chi connectivity index (χ2v) is 3.15. The first kappa shape index (κ1) is 11.2. The van der Waals surface area contributed by atoms with Crippen LogP contribution >= 0.6 is 0 Å². The van der Waals surface area contributed by atoms with E-state index in [1.807, 2.05) is 0 Å². The Bertz CT molecular complexity index is 303. The largest absolute Gasteiger partial charge is 0.750 e. The van der Waals surface area contributed by atoms with E-state index in [2.05, 4.69) is 14.5 Å². The third-order valence-corrected chi connectivity index (χ3v) is 1.82. The lowest BCUT2D eigenvalue weighted by molar-refractivity contribution is 0.276. The molecular weight excluding hydrogens is 210 g/mol. The number of rotatable bonds is 6. The number of aryl methyl sites for hydroxylation is 1. The van der Waals surface area contributed by atoms with E-state index in [1.165, 1.54) is 4.68 Å². The van der Waals surface area contributed by atoms with Gasteiger partial charge in [-0.05, 0) is 6.42 Å². The summed E-state index contributed by atoms with van der Waals surface area (Å²) in [6, 6.07) is 0. The molecule has 0 aliphatic heterocycles. The molecule has 0 aliphatic carbocycles. The Hall–Kier alpha value is -0.830. The number of aliphatic hydroxyl groups excluding tert-OH is 1. The summed E-state index contributed by atoms with van der Waals surface area (Å²) in [4.78, 5) is 0. The van der Waals surface area contributed by atoms with Crippen molar-refractivity contribution < 1.29 is 18.1 Å². The molecule has 8 heteroatoms. The Morgan fingerprint density at radius 3 is 3.07 bits per heavy atom. The fourth-order valence-electron chi connectivity index (χ4n) is 0.874. The Balaban J connectivity index is 2.21. The number of nitrogens with zero attached hydrogens (tertiary/aromatic N) is 3. The summed E-state index contributed by atoms with van der Waals surface area (Å²) in [5.74, 6) is 0. The SMILES string of the molecule is O=S([O-])OCCCn1cc(CO)nn1. The van der Waals surface area contributed by atoms with Crippen LogP contribution < -0.4 is 0 Å². The normalized spacial score (nSPS) is 13.0. The summed E-state index contributed by atoms with van der Waals surface area (Å²) in [5.41, 5.74) is 0.485. The highest BCUT2D eigenvalue weighted by atomic mass is 32.2. The van der Waals surface area contributed by atoms with Gasteiger partial charge in [-0.2, -0.15) is 0 Å². The Morgan fingerprint density at radius 1 is 1.71 bits per heavy atom. The third-order valence-electron chi connectivity index (χ3n) is 1.46. The Morgan fingerprint density at radius 2 is 2.50 bits per heavy atom. The lowest BCUT2D eigenvalue weighted by Gasteiger charge is -2.04. The van der Waals surface area contributed by atoms with Crippen molar-refractivity contribution in [1.29, 1.82) is 0 Å². The smallest absolute Gasteiger partial charge is 0.108 e. The second kappa shape index (κ2) is 5.81. The lowest BCUT2D eigenvalue weighted by Crippen LogP contribution is -2.04. The van der Waals surface area contributed by atoms with Crippen LogP contribution in [-0.2, 0) is 28.7 Å². The molecule has 14 heavy (non-hydrogen) atoms. The minimum Gasteiger partial charge on any atom is -0.750 e. The quantitative estimate of drug-likeness (QED) is 0.486. The molecule has 1 rings (SSSR count). The second-order valence-electron chi connectivity index (χ2n) is 2.51. The number of aromatic nitrogens is 3. The molecule has 0 spiro atoms. The molecule has 80 valence electrons. The lowest BCUT2D eigenvalue weighted by atomic mass is 10.4. The van der Waals surface area contributed by atoms with Crippen LogP contribution in [0.4, 0.5) is 0 Å². The minimum absolute atomic E-state index is 0.116. The zero-order valence-corrected chi connectivity index (χ0v) is 8.14. The van der Waals surface area contributed by atoms with Crippen LogP contribution in [0, 0.1) is 0 Å². The predicted molar refractivity (Wildman–Crippen MR) is 45.4 cm³/mol. The van der Waals surface area contributed by atoms with Crippen molar-refractivity contribution in [1.82, 2.24) is 15.0 Å². The van der Waals surface area contributed by atoms with Gasteiger partial charge in [0, 0.05) is 6.54 Å². The molecule has 1 unspecified atom stereocenters. The van der Waals surface area contributed by atoms with Gasteiger partial charge in [-0.25, -0.2) is 4.21 Å². The third kappa shape index (κ3) is 3.92. The summed E-state index contributed by atoms with van der Waals surface area (Å²) < 4.78 is 25.8. The molecule has 0 saturated heterocycles. The van der Waals surface area contributed by atoms with Gasteiger partial charge < -0.3 is 13.8 Å². The van der Waals surface area contributed by atoms with Gasteiger partial charge in [0.15, 0.2) is 0 Å². The molecule has 7 nitrogen and oxygen atoms in total. The van der Waals surface area contributed by atoms with Crippen molar-refractivity contribution >= 4 is 11.4 Å². The molecule has 0 amide bonds. The number of hydrogen-bond donors (Lipinski definition) is 1. The van der Waals surface area contributed by atoms with Crippen LogP contribution in [0.15, 0.2) is 6.20 Å². The zero-order chi connectivity index (χ0) is 10.4. The minimum atomic E-state index is -2.46. The molecule has 1 heterocycles. The zero-order valence-electron chi connectivity index (χ0n) is 7.33. The van der Waals surface area contributed by atoms with E-state index in [4.69, 9.17) is 5.11 Å². The van der Waals surface area contributed by atoms with E-state index in [1.54, 1.807) is 6.20 Å². The molecule has 0 bridgehead atoms. The van der Waals surface area contributed by atoms with Crippen molar-refractivity contribution in [3.63, 3.8) is 0 Å². The summed E-state index contributed by atoms with van der Waals surface area (Å²) >= 11 is -2.46. The van der Waals surface area contributed by atoms with Crippen molar-refractivity contribution in [2.45, 2.75) is 19.6 Å². The molecule has 1 aromatic rings. The van der Waals surface area contributed by atoms with Crippen LogP contribution in [0.25, 0.3) is 0 Å². The van der Waals surface area contributed by atoms with E-state index in [0.29, 0.717) is 18.7 Å². The average Bonchev–Trinajstić information content (AvgIpc) is 2.60. The Kier molecular flexibility index (Phi) is 4.66.